The number of rotatable bonds is 10. The van der Waals surface area contributed by atoms with Crippen LogP contribution in [0.3, 0.4) is 0 Å². The summed E-state index contributed by atoms with van der Waals surface area (Å²) in [5.41, 5.74) is 4.43. The van der Waals surface area contributed by atoms with Crippen molar-refractivity contribution in [2.75, 3.05) is 11.9 Å². The molecule has 0 spiro atoms. The standard InChI is InChI=1S/C25H23Cl2N3O4/c1-2-33-23-12-17(8-11-22(23)34-16-18-9-10-19(26)13-21(18)27)15-28-30-25(32)14-24(31)29-20-6-4-3-5-7-20/h3-13,15H,2,14,16H2,1H3,(H,29,31)(H,30,32). The maximum Gasteiger partial charge on any atom is 0.249 e. The zero-order chi connectivity index (χ0) is 24.3. The van der Waals surface area contributed by atoms with Gasteiger partial charge in [-0.1, -0.05) is 47.5 Å². The van der Waals surface area contributed by atoms with Gasteiger partial charge in [0.25, 0.3) is 0 Å². The maximum atomic E-state index is 12.0. The average Bonchev–Trinajstić information content (AvgIpc) is 2.80. The predicted octanol–water partition coefficient (Wildman–Crippen LogP) is 5.45. The lowest BCUT2D eigenvalue weighted by Gasteiger charge is -2.13. The van der Waals surface area contributed by atoms with Crippen molar-refractivity contribution in [1.82, 2.24) is 5.43 Å². The van der Waals surface area contributed by atoms with Crippen LogP contribution in [0.15, 0.2) is 71.8 Å². The molecule has 3 aromatic carbocycles. The number of halogens is 2. The molecule has 7 nitrogen and oxygen atoms in total. The molecule has 0 aliphatic heterocycles. The largest absolute Gasteiger partial charge is 0.490 e. The Labute approximate surface area is 207 Å². The minimum atomic E-state index is -0.533. The second-order valence-electron chi connectivity index (χ2n) is 7.05. The molecule has 0 unspecified atom stereocenters. The van der Waals surface area contributed by atoms with E-state index in [0.717, 1.165) is 5.56 Å². The normalized spacial score (nSPS) is 10.7. The molecular formula is C25H23Cl2N3O4. The van der Waals surface area contributed by atoms with Crippen molar-refractivity contribution < 1.29 is 19.1 Å². The molecule has 2 N–H and O–H groups in total. The zero-order valence-corrected chi connectivity index (χ0v) is 19.9. The van der Waals surface area contributed by atoms with Gasteiger partial charge in [0.1, 0.15) is 13.0 Å². The Morgan fingerprint density at radius 1 is 0.941 bits per heavy atom. The van der Waals surface area contributed by atoms with Crippen LogP contribution in [0.1, 0.15) is 24.5 Å². The Kier molecular flexibility index (Phi) is 9.31. The molecule has 0 bridgehead atoms. The molecule has 34 heavy (non-hydrogen) atoms. The van der Waals surface area contributed by atoms with Gasteiger partial charge in [0.15, 0.2) is 11.5 Å². The van der Waals surface area contributed by atoms with Crippen molar-refractivity contribution in [2.45, 2.75) is 20.0 Å². The van der Waals surface area contributed by atoms with E-state index < -0.39 is 11.8 Å². The van der Waals surface area contributed by atoms with E-state index in [1.165, 1.54) is 6.21 Å². The summed E-state index contributed by atoms with van der Waals surface area (Å²) in [7, 11) is 0. The van der Waals surface area contributed by atoms with Crippen molar-refractivity contribution in [1.29, 1.82) is 0 Å². The van der Waals surface area contributed by atoms with E-state index in [4.69, 9.17) is 32.7 Å². The van der Waals surface area contributed by atoms with Crippen LogP contribution in [0, 0.1) is 0 Å². The highest BCUT2D eigenvalue weighted by molar-refractivity contribution is 6.35. The minimum absolute atomic E-state index is 0.241. The summed E-state index contributed by atoms with van der Waals surface area (Å²) >= 11 is 12.1. The first-order chi connectivity index (χ1) is 16.4. The van der Waals surface area contributed by atoms with E-state index in [1.54, 1.807) is 60.7 Å². The summed E-state index contributed by atoms with van der Waals surface area (Å²) < 4.78 is 11.5. The molecule has 0 saturated carbocycles. The molecule has 3 aromatic rings. The number of hydrogen-bond acceptors (Lipinski definition) is 5. The average molecular weight is 500 g/mol. The molecule has 0 saturated heterocycles. The van der Waals surface area contributed by atoms with E-state index in [1.807, 2.05) is 13.0 Å². The van der Waals surface area contributed by atoms with E-state index >= 15 is 0 Å². The second kappa shape index (κ2) is 12.6. The predicted molar refractivity (Wildman–Crippen MR) is 134 cm³/mol. The first-order valence-corrected chi connectivity index (χ1v) is 11.2. The monoisotopic (exact) mass is 499 g/mol. The third-order valence-corrected chi connectivity index (χ3v) is 5.03. The third-order valence-electron chi connectivity index (χ3n) is 4.45. The minimum Gasteiger partial charge on any atom is -0.490 e. The fraction of sp³-hybridized carbons (Fsp3) is 0.160. The topological polar surface area (TPSA) is 89.0 Å². The van der Waals surface area contributed by atoms with Crippen molar-refractivity contribution in [2.24, 2.45) is 5.10 Å². The maximum absolute atomic E-state index is 12.0. The van der Waals surface area contributed by atoms with Gasteiger partial charge in [-0.15, -0.1) is 0 Å². The van der Waals surface area contributed by atoms with Crippen LogP contribution in [-0.2, 0) is 16.2 Å². The highest BCUT2D eigenvalue weighted by atomic mass is 35.5. The molecular weight excluding hydrogens is 477 g/mol. The molecule has 0 aromatic heterocycles. The SMILES string of the molecule is CCOc1cc(C=NNC(=O)CC(=O)Nc2ccccc2)ccc1OCc1ccc(Cl)cc1Cl. The molecule has 2 amide bonds. The number of nitrogens with zero attached hydrogens (tertiary/aromatic N) is 1. The van der Waals surface area contributed by atoms with Crippen molar-refractivity contribution in [3.8, 4) is 11.5 Å². The number of carbonyl (C=O) groups is 2. The number of hydrazone groups is 1. The number of nitrogens with one attached hydrogen (secondary N) is 2. The lowest BCUT2D eigenvalue weighted by Crippen LogP contribution is -2.24. The molecule has 0 aliphatic rings. The van der Waals surface area contributed by atoms with Crippen LogP contribution < -0.4 is 20.2 Å². The summed E-state index contributed by atoms with van der Waals surface area (Å²) in [4.78, 5) is 23.9. The molecule has 3 rings (SSSR count). The Morgan fingerprint density at radius 2 is 1.74 bits per heavy atom. The smallest absolute Gasteiger partial charge is 0.249 e. The molecule has 0 atom stereocenters. The highest BCUT2D eigenvalue weighted by Crippen LogP contribution is 2.30. The van der Waals surface area contributed by atoms with E-state index in [-0.39, 0.29) is 13.0 Å². The van der Waals surface area contributed by atoms with Gasteiger partial charge in [0, 0.05) is 21.3 Å². The third kappa shape index (κ3) is 7.79. The number of anilines is 1. The van der Waals surface area contributed by atoms with E-state index in [9.17, 15) is 9.59 Å². The lowest BCUT2D eigenvalue weighted by atomic mass is 10.2. The first-order valence-electron chi connectivity index (χ1n) is 10.4. The Bertz CT molecular complexity index is 1170. The fourth-order valence-corrected chi connectivity index (χ4v) is 3.34. The quantitative estimate of drug-likeness (QED) is 0.220. The number of para-hydroxylation sites is 1. The van der Waals surface area contributed by atoms with Crippen molar-refractivity contribution >= 4 is 46.9 Å². The molecule has 0 aliphatic carbocycles. The Hall–Kier alpha value is -3.55. The van der Waals surface area contributed by atoms with E-state index in [2.05, 4.69) is 15.8 Å². The van der Waals surface area contributed by atoms with Gasteiger partial charge >= 0.3 is 0 Å². The summed E-state index contributed by atoms with van der Waals surface area (Å²) in [6.07, 6.45) is 1.10. The number of benzene rings is 3. The molecule has 0 fully saturated rings. The van der Waals surface area contributed by atoms with Crippen LogP contribution in [0.4, 0.5) is 5.69 Å². The molecule has 9 heteroatoms. The Balaban J connectivity index is 1.56. The van der Waals surface area contributed by atoms with Crippen LogP contribution in [0.25, 0.3) is 0 Å². The van der Waals surface area contributed by atoms with Gasteiger partial charge < -0.3 is 14.8 Å². The van der Waals surface area contributed by atoms with Gasteiger partial charge in [-0.05, 0) is 55.0 Å². The summed E-state index contributed by atoms with van der Waals surface area (Å²) in [6.45, 7) is 2.54. The van der Waals surface area contributed by atoms with Crippen molar-refractivity contribution in [3.63, 3.8) is 0 Å². The number of amides is 2. The zero-order valence-electron chi connectivity index (χ0n) is 18.4. The fourth-order valence-electron chi connectivity index (χ4n) is 2.88. The summed E-state index contributed by atoms with van der Waals surface area (Å²) in [5.74, 6) is 0.0890. The number of carbonyl (C=O) groups excluding carboxylic acids is 2. The molecule has 0 heterocycles. The lowest BCUT2D eigenvalue weighted by molar-refractivity contribution is -0.126. The van der Waals surface area contributed by atoms with Gasteiger partial charge in [0.05, 0.1) is 12.8 Å². The highest BCUT2D eigenvalue weighted by Gasteiger charge is 2.10. The first kappa shape index (κ1) is 25.1. The van der Waals surface area contributed by atoms with Gasteiger partial charge in [0.2, 0.25) is 11.8 Å². The van der Waals surface area contributed by atoms with Gasteiger partial charge in [-0.2, -0.15) is 5.10 Å². The second-order valence-corrected chi connectivity index (χ2v) is 7.89. The molecule has 176 valence electrons. The number of ether oxygens (including phenoxy) is 2. The number of hydrogen-bond donors (Lipinski definition) is 2. The summed E-state index contributed by atoms with van der Waals surface area (Å²) in [6, 6.07) is 19.3. The molecule has 0 radical (unpaired) electrons. The van der Waals surface area contributed by atoms with Gasteiger partial charge in [-0.3, -0.25) is 9.59 Å². The van der Waals surface area contributed by atoms with E-state index in [0.29, 0.717) is 39.4 Å². The van der Waals surface area contributed by atoms with Crippen LogP contribution in [0.2, 0.25) is 10.0 Å². The van der Waals surface area contributed by atoms with Gasteiger partial charge in [-0.25, -0.2) is 5.43 Å². The van der Waals surface area contributed by atoms with Crippen LogP contribution in [-0.4, -0.2) is 24.6 Å². The van der Waals surface area contributed by atoms with Crippen LogP contribution >= 0.6 is 23.2 Å². The van der Waals surface area contributed by atoms with Crippen LogP contribution in [0.5, 0.6) is 11.5 Å². The van der Waals surface area contributed by atoms with Crippen molar-refractivity contribution in [3.05, 3.63) is 87.9 Å². The summed E-state index contributed by atoms with van der Waals surface area (Å²) in [5, 5.41) is 7.63. The Morgan fingerprint density at radius 3 is 2.47 bits per heavy atom.